The van der Waals surface area contributed by atoms with E-state index in [-0.39, 0.29) is 42.7 Å². The average molecular weight is 520 g/mol. The summed E-state index contributed by atoms with van der Waals surface area (Å²) in [6, 6.07) is 14.5. The summed E-state index contributed by atoms with van der Waals surface area (Å²) >= 11 is 0. The molecule has 0 saturated carbocycles. The molecule has 0 radical (unpaired) electrons. The molecule has 4 rings (SSSR count). The minimum Gasteiger partial charge on any atom is -0.346 e. The van der Waals surface area contributed by atoms with E-state index in [9.17, 15) is 9.59 Å². The molecule has 0 bridgehead atoms. The van der Waals surface area contributed by atoms with Gasteiger partial charge in [-0.25, -0.2) is 4.98 Å². The number of hydrogen-bond acceptors (Lipinski definition) is 4. The third-order valence-corrected chi connectivity index (χ3v) is 6.58. The predicted octanol–water partition coefficient (Wildman–Crippen LogP) is 5.72. The van der Waals surface area contributed by atoms with Crippen LogP contribution >= 0.6 is 24.8 Å². The topological polar surface area (TPSA) is 78.1 Å². The number of amides is 1. The second-order valence-corrected chi connectivity index (χ2v) is 9.21. The normalized spacial score (nSPS) is 14.5. The number of halogens is 2. The Labute approximate surface area is 220 Å². The number of aromatic nitrogens is 2. The Morgan fingerprint density at radius 2 is 1.83 bits per heavy atom. The van der Waals surface area contributed by atoms with Crippen LogP contribution in [0.2, 0.25) is 0 Å². The van der Waals surface area contributed by atoms with Crippen molar-refractivity contribution in [2.75, 3.05) is 20.1 Å². The molecule has 1 amide bonds. The lowest BCUT2D eigenvalue weighted by Crippen LogP contribution is -2.52. The standard InChI is InChI=1S/C27H34N4O2.2ClH/c1-3-23(32)11-5-4-6-12-24(30-27(33)22-17-31(2)18-22)26-28-16-25(29-26)21-14-13-19-9-7-8-10-20(19)15-21;;/h7-10,13-16,22,24H,3-6,11-12,17-18H2,1-2H3,(H,28,29)(H,30,33);2*1H/t24-;;/m0../s1. The monoisotopic (exact) mass is 518 g/mol. The Morgan fingerprint density at radius 3 is 2.54 bits per heavy atom. The number of unbranched alkanes of at least 4 members (excludes halogenated alkanes) is 2. The average Bonchev–Trinajstić information content (AvgIpc) is 3.30. The molecule has 0 spiro atoms. The summed E-state index contributed by atoms with van der Waals surface area (Å²) in [6.07, 6.45) is 6.74. The number of aromatic amines is 1. The van der Waals surface area contributed by atoms with Gasteiger partial charge < -0.3 is 15.2 Å². The third-order valence-electron chi connectivity index (χ3n) is 6.58. The van der Waals surface area contributed by atoms with E-state index in [2.05, 4.69) is 50.5 Å². The van der Waals surface area contributed by atoms with Gasteiger partial charge in [0.2, 0.25) is 5.91 Å². The van der Waals surface area contributed by atoms with Gasteiger partial charge in [0.25, 0.3) is 0 Å². The van der Waals surface area contributed by atoms with Gasteiger partial charge in [-0.15, -0.1) is 24.8 Å². The summed E-state index contributed by atoms with van der Waals surface area (Å²) in [7, 11) is 2.03. The zero-order valence-electron chi connectivity index (χ0n) is 20.5. The summed E-state index contributed by atoms with van der Waals surface area (Å²) in [6.45, 7) is 3.52. The van der Waals surface area contributed by atoms with Crippen LogP contribution in [0.15, 0.2) is 48.7 Å². The molecule has 6 nitrogen and oxygen atoms in total. The SMILES string of the molecule is CCC(=O)CCCCC[C@H](NC(=O)C1CN(C)C1)c1ncc(-c2ccc3ccccc3c2)[nH]1.Cl.Cl. The second-order valence-electron chi connectivity index (χ2n) is 9.21. The Bertz CT molecular complexity index is 1110. The van der Waals surface area contributed by atoms with E-state index >= 15 is 0 Å². The van der Waals surface area contributed by atoms with E-state index in [1.807, 2.05) is 32.3 Å². The first-order valence-electron chi connectivity index (χ1n) is 12.1. The number of H-pyrrole nitrogens is 1. The molecule has 1 aromatic heterocycles. The van der Waals surface area contributed by atoms with Crippen LogP contribution in [0.1, 0.15) is 57.3 Å². The number of carbonyl (C=O) groups is 2. The molecule has 1 fully saturated rings. The van der Waals surface area contributed by atoms with Crippen LogP contribution in [-0.4, -0.2) is 46.7 Å². The molecule has 1 atom stereocenters. The number of fused-ring (bicyclic) bond motifs is 1. The van der Waals surface area contributed by atoms with Gasteiger partial charge in [-0.1, -0.05) is 56.2 Å². The maximum absolute atomic E-state index is 12.8. The van der Waals surface area contributed by atoms with Crippen molar-refractivity contribution < 1.29 is 9.59 Å². The van der Waals surface area contributed by atoms with Crippen molar-refractivity contribution in [3.8, 4) is 11.3 Å². The van der Waals surface area contributed by atoms with Gasteiger partial charge in [0.15, 0.2) is 0 Å². The maximum atomic E-state index is 12.8. The quantitative estimate of drug-likeness (QED) is 0.318. The van der Waals surface area contributed by atoms with Gasteiger partial charge in [-0.05, 0) is 36.7 Å². The van der Waals surface area contributed by atoms with Crippen molar-refractivity contribution in [2.24, 2.45) is 5.92 Å². The minimum atomic E-state index is -0.153. The number of Topliss-reactive ketones (excluding diaryl/α,β-unsaturated/α-hetero) is 1. The molecule has 190 valence electrons. The molecular formula is C27H36Cl2N4O2. The first kappa shape index (κ1) is 28.8. The highest BCUT2D eigenvalue weighted by Crippen LogP contribution is 2.26. The van der Waals surface area contributed by atoms with Crippen molar-refractivity contribution >= 4 is 47.3 Å². The number of hydrogen-bond donors (Lipinski definition) is 2. The van der Waals surface area contributed by atoms with Crippen LogP contribution < -0.4 is 5.32 Å². The number of rotatable bonds is 11. The van der Waals surface area contributed by atoms with Gasteiger partial charge in [0.1, 0.15) is 11.6 Å². The van der Waals surface area contributed by atoms with Crippen molar-refractivity contribution in [2.45, 2.75) is 51.5 Å². The number of carbonyl (C=O) groups excluding carboxylic acids is 2. The predicted molar refractivity (Wildman–Crippen MR) is 146 cm³/mol. The molecule has 2 heterocycles. The zero-order valence-corrected chi connectivity index (χ0v) is 22.1. The van der Waals surface area contributed by atoms with Crippen LogP contribution in [0.5, 0.6) is 0 Å². The Balaban J connectivity index is 0.00000216. The third kappa shape index (κ3) is 7.53. The molecule has 2 N–H and O–H groups in total. The molecule has 0 aliphatic carbocycles. The Kier molecular flexibility index (Phi) is 11.2. The highest BCUT2D eigenvalue weighted by Gasteiger charge is 2.31. The van der Waals surface area contributed by atoms with Crippen LogP contribution in [0, 0.1) is 5.92 Å². The number of benzene rings is 2. The van der Waals surface area contributed by atoms with Crippen molar-refractivity contribution in [3.63, 3.8) is 0 Å². The summed E-state index contributed by atoms with van der Waals surface area (Å²) in [5.74, 6) is 1.27. The summed E-state index contributed by atoms with van der Waals surface area (Å²) in [4.78, 5) is 34.6. The van der Waals surface area contributed by atoms with Crippen LogP contribution in [0.4, 0.5) is 0 Å². The summed E-state index contributed by atoms with van der Waals surface area (Å²) in [5, 5.41) is 5.63. The molecule has 1 aliphatic rings. The summed E-state index contributed by atoms with van der Waals surface area (Å²) in [5.41, 5.74) is 2.03. The fourth-order valence-electron chi connectivity index (χ4n) is 4.47. The van der Waals surface area contributed by atoms with E-state index in [1.165, 1.54) is 10.8 Å². The van der Waals surface area contributed by atoms with Crippen LogP contribution in [-0.2, 0) is 9.59 Å². The van der Waals surface area contributed by atoms with Gasteiger partial charge in [-0.2, -0.15) is 0 Å². The molecule has 0 unspecified atom stereocenters. The number of ketones is 1. The number of nitrogens with one attached hydrogen (secondary N) is 2. The first-order valence-corrected chi connectivity index (χ1v) is 12.1. The van der Waals surface area contributed by atoms with Crippen molar-refractivity contribution in [3.05, 3.63) is 54.5 Å². The van der Waals surface area contributed by atoms with E-state index in [0.29, 0.717) is 18.6 Å². The smallest absolute Gasteiger partial charge is 0.226 e. The number of imidazole rings is 1. The van der Waals surface area contributed by atoms with Gasteiger partial charge >= 0.3 is 0 Å². The van der Waals surface area contributed by atoms with E-state index < -0.39 is 0 Å². The first-order chi connectivity index (χ1) is 16.0. The zero-order chi connectivity index (χ0) is 23.2. The molecule has 3 aromatic rings. The van der Waals surface area contributed by atoms with Crippen molar-refractivity contribution in [1.29, 1.82) is 0 Å². The lowest BCUT2D eigenvalue weighted by Gasteiger charge is -2.35. The van der Waals surface area contributed by atoms with Gasteiger partial charge in [0, 0.05) is 31.5 Å². The second kappa shape index (κ2) is 13.6. The minimum absolute atomic E-state index is 0. The summed E-state index contributed by atoms with van der Waals surface area (Å²) < 4.78 is 0. The molecule has 1 saturated heterocycles. The highest BCUT2D eigenvalue weighted by atomic mass is 35.5. The molecule has 2 aromatic carbocycles. The van der Waals surface area contributed by atoms with E-state index in [0.717, 1.165) is 55.9 Å². The van der Waals surface area contributed by atoms with Crippen LogP contribution in [0.3, 0.4) is 0 Å². The lowest BCUT2D eigenvalue weighted by molar-refractivity contribution is -0.130. The van der Waals surface area contributed by atoms with E-state index in [4.69, 9.17) is 0 Å². The fraction of sp³-hybridized carbons (Fsp3) is 0.444. The van der Waals surface area contributed by atoms with E-state index in [1.54, 1.807) is 0 Å². The molecule has 8 heteroatoms. The number of nitrogens with zero attached hydrogens (tertiary/aromatic N) is 2. The van der Waals surface area contributed by atoms with Crippen molar-refractivity contribution in [1.82, 2.24) is 20.2 Å². The molecule has 35 heavy (non-hydrogen) atoms. The highest BCUT2D eigenvalue weighted by molar-refractivity contribution is 5.87. The largest absolute Gasteiger partial charge is 0.346 e. The fourth-order valence-corrected chi connectivity index (χ4v) is 4.47. The number of likely N-dealkylation sites (tertiary alicyclic amines) is 1. The maximum Gasteiger partial charge on any atom is 0.226 e. The Hall–Kier alpha value is -2.41. The molecular weight excluding hydrogens is 483 g/mol. The lowest BCUT2D eigenvalue weighted by atomic mass is 9.98. The van der Waals surface area contributed by atoms with Gasteiger partial charge in [0.05, 0.1) is 23.9 Å². The van der Waals surface area contributed by atoms with Gasteiger partial charge in [-0.3, -0.25) is 9.59 Å². The molecule has 1 aliphatic heterocycles. The van der Waals surface area contributed by atoms with Crippen LogP contribution in [0.25, 0.3) is 22.0 Å². The Morgan fingerprint density at radius 1 is 1.09 bits per heavy atom.